The summed E-state index contributed by atoms with van der Waals surface area (Å²) in [6, 6.07) is 11.3. The van der Waals surface area contributed by atoms with E-state index in [4.69, 9.17) is 9.47 Å². The number of carbonyl (C=O) groups excluding carboxylic acids is 1. The van der Waals surface area contributed by atoms with Gasteiger partial charge in [0.15, 0.2) is 6.61 Å². The van der Waals surface area contributed by atoms with Gasteiger partial charge in [-0.2, -0.15) is 23.3 Å². The van der Waals surface area contributed by atoms with Crippen LogP contribution in [-0.2, 0) is 4.79 Å². The SMILES string of the molecule is COc1cccc(C2=NN(C(=O)COc3ccc(C)c(C)c3)C(O)(C(F)(F)F)C2)c1. The van der Waals surface area contributed by atoms with Crippen molar-refractivity contribution in [2.24, 2.45) is 5.10 Å². The number of rotatable bonds is 5. The standard InChI is InChI=1S/C21H21F3N2O4/c1-13-7-8-17(9-14(13)2)30-12-19(27)26-20(28,21(22,23)24)11-18(25-26)15-5-4-6-16(10-15)29-3/h4-10,28H,11-12H2,1-3H3. The lowest BCUT2D eigenvalue weighted by atomic mass is 10.0. The number of hydrogen-bond acceptors (Lipinski definition) is 5. The average molecular weight is 422 g/mol. The lowest BCUT2D eigenvalue weighted by Crippen LogP contribution is -2.57. The highest BCUT2D eigenvalue weighted by Gasteiger charge is 2.63. The van der Waals surface area contributed by atoms with Gasteiger partial charge in [-0.05, 0) is 49.2 Å². The van der Waals surface area contributed by atoms with Crippen molar-refractivity contribution >= 4 is 11.6 Å². The quantitative estimate of drug-likeness (QED) is 0.800. The molecule has 0 saturated carbocycles. The smallest absolute Gasteiger partial charge is 0.438 e. The van der Waals surface area contributed by atoms with Gasteiger partial charge in [-0.3, -0.25) is 4.79 Å². The summed E-state index contributed by atoms with van der Waals surface area (Å²) < 4.78 is 51.4. The largest absolute Gasteiger partial charge is 0.497 e. The third-order valence-corrected chi connectivity index (χ3v) is 4.92. The molecule has 1 N–H and O–H groups in total. The van der Waals surface area contributed by atoms with Crippen molar-refractivity contribution in [3.05, 3.63) is 59.2 Å². The normalized spacial score (nSPS) is 18.9. The Morgan fingerprint density at radius 1 is 1.17 bits per heavy atom. The topological polar surface area (TPSA) is 71.4 Å². The van der Waals surface area contributed by atoms with Crippen LogP contribution in [0.25, 0.3) is 0 Å². The molecule has 0 saturated heterocycles. The van der Waals surface area contributed by atoms with E-state index in [-0.39, 0.29) is 10.7 Å². The minimum Gasteiger partial charge on any atom is -0.497 e. The van der Waals surface area contributed by atoms with Crippen LogP contribution in [0.1, 0.15) is 23.1 Å². The zero-order valence-electron chi connectivity index (χ0n) is 16.7. The molecule has 6 nitrogen and oxygen atoms in total. The second kappa shape index (κ2) is 7.98. The van der Waals surface area contributed by atoms with Gasteiger partial charge in [-0.15, -0.1) is 0 Å². The van der Waals surface area contributed by atoms with Gasteiger partial charge in [0.05, 0.1) is 19.2 Å². The van der Waals surface area contributed by atoms with Crippen LogP contribution in [0.15, 0.2) is 47.6 Å². The summed E-state index contributed by atoms with van der Waals surface area (Å²) in [7, 11) is 1.42. The predicted molar refractivity (Wildman–Crippen MR) is 103 cm³/mol. The molecule has 1 heterocycles. The van der Waals surface area contributed by atoms with Gasteiger partial charge in [0.25, 0.3) is 11.6 Å². The van der Waals surface area contributed by atoms with Crippen molar-refractivity contribution in [3.63, 3.8) is 0 Å². The van der Waals surface area contributed by atoms with E-state index in [2.05, 4.69) is 5.10 Å². The maximum Gasteiger partial charge on any atom is 0.438 e. The predicted octanol–water partition coefficient (Wildman–Crippen LogP) is 3.58. The van der Waals surface area contributed by atoms with Crippen LogP contribution in [0.2, 0.25) is 0 Å². The van der Waals surface area contributed by atoms with Crippen molar-refractivity contribution in [3.8, 4) is 11.5 Å². The van der Waals surface area contributed by atoms with Gasteiger partial charge in [-0.1, -0.05) is 18.2 Å². The third-order valence-electron chi connectivity index (χ3n) is 4.92. The Bertz CT molecular complexity index is 990. The molecule has 0 aromatic heterocycles. The van der Waals surface area contributed by atoms with E-state index >= 15 is 0 Å². The fourth-order valence-electron chi connectivity index (χ4n) is 3.00. The highest BCUT2D eigenvalue weighted by molar-refractivity contribution is 6.03. The number of halogens is 3. The molecule has 1 aliphatic heterocycles. The summed E-state index contributed by atoms with van der Waals surface area (Å²) in [6.45, 7) is 3.03. The Morgan fingerprint density at radius 2 is 1.90 bits per heavy atom. The summed E-state index contributed by atoms with van der Waals surface area (Å²) >= 11 is 0. The molecule has 0 aliphatic carbocycles. The fourth-order valence-corrected chi connectivity index (χ4v) is 3.00. The van der Waals surface area contributed by atoms with Gasteiger partial charge in [0.1, 0.15) is 11.5 Å². The molecule has 0 spiro atoms. The second-order valence-corrected chi connectivity index (χ2v) is 7.01. The number of amides is 1. The third kappa shape index (κ3) is 4.11. The Hall–Kier alpha value is -3.07. The maximum absolute atomic E-state index is 13.7. The Morgan fingerprint density at radius 3 is 2.53 bits per heavy atom. The van der Waals surface area contributed by atoms with Gasteiger partial charge < -0.3 is 14.6 Å². The van der Waals surface area contributed by atoms with Crippen LogP contribution in [0.3, 0.4) is 0 Å². The van der Waals surface area contributed by atoms with E-state index < -0.39 is 30.8 Å². The molecule has 0 bridgehead atoms. The summed E-state index contributed by atoms with van der Waals surface area (Å²) in [5.74, 6) is -0.377. The zero-order valence-corrected chi connectivity index (χ0v) is 16.7. The highest BCUT2D eigenvalue weighted by atomic mass is 19.4. The van der Waals surface area contributed by atoms with Crippen LogP contribution < -0.4 is 9.47 Å². The van der Waals surface area contributed by atoms with Crippen molar-refractivity contribution < 1.29 is 32.5 Å². The first-order chi connectivity index (χ1) is 14.0. The van der Waals surface area contributed by atoms with E-state index in [1.165, 1.54) is 19.2 Å². The van der Waals surface area contributed by atoms with Crippen molar-refractivity contribution in [1.29, 1.82) is 0 Å². The lowest BCUT2D eigenvalue weighted by molar-refractivity contribution is -0.302. The monoisotopic (exact) mass is 422 g/mol. The number of hydrogen-bond donors (Lipinski definition) is 1. The molecule has 0 fully saturated rings. The van der Waals surface area contributed by atoms with Crippen LogP contribution >= 0.6 is 0 Å². The molecule has 2 aromatic carbocycles. The number of alkyl halides is 3. The number of aryl methyl sites for hydroxylation is 2. The molecule has 1 amide bonds. The minimum atomic E-state index is -5.12. The Labute approximate surface area is 171 Å². The van der Waals surface area contributed by atoms with E-state index in [0.717, 1.165) is 11.1 Å². The number of carbonyl (C=O) groups is 1. The molecular weight excluding hydrogens is 401 g/mol. The number of methoxy groups -OCH3 is 1. The molecule has 0 radical (unpaired) electrons. The summed E-state index contributed by atoms with van der Waals surface area (Å²) in [4.78, 5) is 12.5. The van der Waals surface area contributed by atoms with Gasteiger partial charge in [0.2, 0.25) is 0 Å². The van der Waals surface area contributed by atoms with Crippen LogP contribution in [0.5, 0.6) is 11.5 Å². The van der Waals surface area contributed by atoms with Gasteiger partial charge in [-0.25, -0.2) is 0 Å². The molecule has 160 valence electrons. The highest BCUT2D eigenvalue weighted by Crippen LogP contribution is 2.41. The van der Waals surface area contributed by atoms with Crippen molar-refractivity contribution in [2.75, 3.05) is 13.7 Å². The molecule has 30 heavy (non-hydrogen) atoms. The molecule has 1 aliphatic rings. The Kier molecular flexibility index (Phi) is 5.76. The fraction of sp³-hybridized carbons (Fsp3) is 0.333. The average Bonchev–Trinajstić information content (AvgIpc) is 3.08. The number of ether oxygens (including phenoxy) is 2. The lowest BCUT2D eigenvalue weighted by Gasteiger charge is -2.32. The molecule has 9 heteroatoms. The molecule has 3 rings (SSSR count). The van der Waals surface area contributed by atoms with Crippen LogP contribution in [-0.4, -0.2) is 47.4 Å². The molecule has 2 aromatic rings. The maximum atomic E-state index is 13.7. The van der Waals surface area contributed by atoms with Crippen molar-refractivity contribution in [1.82, 2.24) is 5.01 Å². The minimum absolute atomic E-state index is 0.0584. The summed E-state index contributed by atoms with van der Waals surface area (Å²) in [5, 5.41) is 14.2. The first kappa shape index (κ1) is 21.6. The number of benzene rings is 2. The molecule has 1 unspecified atom stereocenters. The van der Waals surface area contributed by atoms with Gasteiger partial charge >= 0.3 is 6.18 Å². The van der Waals surface area contributed by atoms with E-state index in [0.29, 0.717) is 17.1 Å². The van der Waals surface area contributed by atoms with Gasteiger partial charge in [0, 0.05) is 5.56 Å². The number of aliphatic hydroxyl groups is 1. The van der Waals surface area contributed by atoms with Crippen molar-refractivity contribution in [2.45, 2.75) is 32.2 Å². The van der Waals surface area contributed by atoms with Crippen LogP contribution in [0, 0.1) is 13.8 Å². The molecule has 1 atom stereocenters. The van der Waals surface area contributed by atoms with Crippen LogP contribution in [0.4, 0.5) is 13.2 Å². The first-order valence-corrected chi connectivity index (χ1v) is 9.09. The van der Waals surface area contributed by atoms with E-state index in [1.54, 1.807) is 30.3 Å². The van der Waals surface area contributed by atoms with E-state index in [9.17, 15) is 23.1 Å². The zero-order chi connectivity index (χ0) is 22.1. The Balaban J connectivity index is 1.86. The first-order valence-electron chi connectivity index (χ1n) is 9.09. The summed E-state index contributed by atoms with van der Waals surface area (Å²) in [6.07, 6.45) is -6.02. The van der Waals surface area contributed by atoms with E-state index in [1.807, 2.05) is 13.8 Å². The summed E-state index contributed by atoms with van der Waals surface area (Å²) in [5.41, 5.74) is -1.33. The number of hydrazone groups is 1. The number of nitrogens with zero attached hydrogens (tertiary/aromatic N) is 2. The second-order valence-electron chi connectivity index (χ2n) is 7.01. The molecular formula is C21H21F3N2O4.